The predicted octanol–water partition coefficient (Wildman–Crippen LogP) is 3.69. The van der Waals surface area contributed by atoms with Crippen LogP contribution in [0, 0.1) is 0 Å². The molecule has 1 aliphatic rings. The molecule has 122 valence electrons. The maximum absolute atomic E-state index is 5.51. The van der Waals surface area contributed by atoms with Crippen LogP contribution in [0.25, 0.3) is 11.3 Å². The van der Waals surface area contributed by atoms with Gasteiger partial charge in [-0.2, -0.15) is 0 Å². The van der Waals surface area contributed by atoms with E-state index in [1.54, 1.807) is 19.5 Å². The Labute approximate surface area is 140 Å². The summed E-state index contributed by atoms with van der Waals surface area (Å²) < 4.78 is 10.8. The van der Waals surface area contributed by atoms with Gasteiger partial charge in [0.25, 0.3) is 0 Å². The van der Waals surface area contributed by atoms with E-state index in [1.807, 2.05) is 30.3 Å². The zero-order valence-electron chi connectivity index (χ0n) is 13.6. The van der Waals surface area contributed by atoms with E-state index in [-0.39, 0.29) is 0 Å². The number of rotatable bonds is 5. The van der Waals surface area contributed by atoms with Crippen molar-refractivity contribution in [3.63, 3.8) is 0 Å². The van der Waals surface area contributed by atoms with Crippen LogP contribution >= 0.6 is 0 Å². The van der Waals surface area contributed by atoms with Crippen molar-refractivity contribution in [2.24, 2.45) is 0 Å². The number of aromatic nitrogens is 2. The fourth-order valence-electron chi connectivity index (χ4n) is 3.09. The molecule has 5 heteroatoms. The van der Waals surface area contributed by atoms with Gasteiger partial charge >= 0.3 is 0 Å². The van der Waals surface area contributed by atoms with E-state index in [1.165, 1.54) is 5.56 Å². The van der Waals surface area contributed by atoms with E-state index in [0.717, 1.165) is 42.3 Å². The Bertz CT molecular complexity index is 816. The third-order valence-corrected chi connectivity index (χ3v) is 4.48. The van der Waals surface area contributed by atoms with Crippen LogP contribution in [0.1, 0.15) is 23.8 Å². The van der Waals surface area contributed by atoms with Crippen LogP contribution in [0.15, 0.2) is 59.4 Å². The summed E-state index contributed by atoms with van der Waals surface area (Å²) in [6.45, 7) is 1.82. The minimum absolute atomic E-state index is 0.409. The minimum Gasteiger partial charge on any atom is -0.497 e. The maximum atomic E-state index is 5.51. The molecule has 0 spiro atoms. The second-order valence-corrected chi connectivity index (χ2v) is 5.97. The van der Waals surface area contributed by atoms with Gasteiger partial charge in [0.05, 0.1) is 13.7 Å². The number of ether oxygens (including phenoxy) is 1. The quantitative estimate of drug-likeness (QED) is 0.717. The Hall–Kier alpha value is -2.66. The van der Waals surface area contributed by atoms with Gasteiger partial charge in [-0.3, -0.25) is 9.88 Å². The van der Waals surface area contributed by atoms with Crippen LogP contribution < -0.4 is 4.74 Å². The standard InChI is InChI=1S/C19H19N3O2/c1-23-16-6-2-4-14(10-16)19-7-9-22(19)13-17-11-18(21-24-17)15-5-3-8-20-12-15/h2-6,8,10-12,19H,7,9,13H2,1H3. The number of likely N-dealkylation sites (tertiary alicyclic amines) is 1. The molecule has 1 atom stereocenters. The summed E-state index contributed by atoms with van der Waals surface area (Å²) in [5, 5.41) is 4.16. The molecule has 1 fully saturated rings. The summed E-state index contributed by atoms with van der Waals surface area (Å²) in [5.74, 6) is 1.78. The average Bonchev–Trinajstić information content (AvgIpc) is 3.08. The Morgan fingerprint density at radius 1 is 1.25 bits per heavy atom. The first-order valence-electron chi connectivity index (χ1n) is 8.07. The molecule has 3 heterocycles. The first-order valence-corrected chi connectivity index (χ1v) is 8.07. The molecule has 0 saturated carbocycles. The van der Waals surface area contributed by atoms with Crippen molar-refractivity contribution in [1.82, 2.24) is 15.0 Å². The molecular weight excluding hydrogens is 302 g/mol. The fraction of sp³-hybridized carbons (Fsp3) is 0.263. The molecule has 1 unspecified atom stereocenters. The molecule has 1 aromatic carbocycles. The summed E-state index contributed by atoms with van der Waals surface area (Å²) in [5.41, 5.74) is 3.09. The lowest BCUT2D eigenvalue weighted by Gasteiger charge is -2.40. The van der Waals surface area contributed by atoms with E-state index in [9.17, 15) is 0 Å². The molecule has 0 bridgehead atoms. The topological polar surface area (TPSA) is 51.4 Å². The van der Waals surface area contributed by atoms with Gasteiger partial charge in [0.1, 0.15) is 11.4 Å². The second kappa shape index (κ2) is 6.45. The molecule has 0 aliphatic carbocycles. The van der Waals surface area contributed by atoms with E-state index < -0.39 is 0 Å². The van der Waals surface area contributed by atoms with Crippen LogP contribution in [-0.2, 0) is 6.54 Å². The third-order valence-electron chi connectivity index (χ3n) is 4.48. The van der Waals surface area contributed by atoms with Gasteiger partial charge in [-0.1, -0.05) is 17.3 Å². The van der Waals surface area contributed by atoms with Crippen molar-refractivity contribution in [2.75, 3.05) is 13.7 Å². The van der Waals surface area contributed by atoms with Gasteiger partial charge in [0, 0.05) is 36.6 Å². The van der Waals surface area contributed by atoms with E-state index in [4.69, 9.17) is 9.26 Å². The van der Waals surface area contributed by atoms with Gasteiger partial charge in [-0.05, 0) is 36.2 Å². The van der Waals surface area contributed by atoms with Crippen molar-refractivity contribution < 1.29 is 9.26 Å². The molecule has 5 nitrogen and oxygen atoms in total. The zero-order valence-corrected chi connectivity index (χ0v) is 13.6. The van der Waals surface area contributed by atoms with E-state index in [2.05, 4.69) is 27.2 Å². The lowest BCUT2D eigenvalue weighted by atomic mass is 9.94. The lowest BCUT2D eigenvalue weighted by Crippen LogP contribution is -2.40. The molecule has 0 N–H and O–H groups in total. The Balaban J connectivity index is 1.47. The SMILES string of the molecule is COc1cccc(C2CCN2Cc2cc(-c3cccnc3)no2)c1. The molecule has 24 heavy (non-hydrogen) atoms. The zero-order chi connectivity index (χ0) is 16.4. The van der Waals surface area contributed by atoms with Crippen molar-refractivity contribution in [3.8, 4) is 17.0 Å². The van der Waals surface area contributed by atoms with Crippen LogP contribution in [0.2, 0.25) is 0 Å². The Morgan fingerprint density at radius 3 is 2.96 bits per heavy atom. The van der Waals surface area contributed by atoms with Crippen molar-refractivity contribution in [3.05, 3.63) is 66.2 Å². The van der Waals surface area contributed by atoms with Gasteiger partial charge in [-0.15, -0.1) is 0 Å². The first kappa shape index (κ1) is 14.9. The summed E-state index contributed by atoms with van der Waals surface area (Å²) in [6.07, 6.45) is 4.70. The third kappa shape index (κ3) is 2.90. The van der Waals surface area contributed by atoms with Crippen LogP contribution in [0.3, 0.4) is 0 Å². The molecule has 1 aliphatic heterocycles. The Kier molecular flexibility index (Phi) is 4.01. The van der Waals surface area contributed by atoms with Gasteiger partial charge in [0.15, 0.2) is 5.76 Å². The average molecular weight is 321 g/mol. The summed E-state index contributed by atoms with van der Waals surface area (Å²) in [4.78, 5) is 6.51. The summed E-state index contributed by atoms with van der Waals surface area (Å²) in [7, 11) is 1.70. The highest BCUT2D eigenvalue weighted by Gasteiger charge is 2.30. The predicted molar refractivity (Wildman–Crippen MR) is 90.5 cm³/mol. The van der Waals surface area contributed by atoms with E-state index >= 15 is 0 Å². The number of hydrogen-bond acceptors (Lipinski definition) is 5. The van der Waals surface area contributed by atoms with Gasteiger partial charge < -0.3 is 9.26 Å². The lowest BCUT2D eigenvalue weighted by molar-refractivity contribution is 0.0710. The highest BCUT2D eigenvalue weighted by atomic mass is 16.5. The van der Waals surface area contributed by atoms with Crippen molar-refractivity contribution in [2.45, 2.75) is 19.0 Å². The molecule has 2 aromatic heterocycles. The van der Waals surface area contributed by atoms with Gasteiger partial charge in [-0.25, -0.2) is 0 Å². The Morgan fingerprint density at radius 2 is 2.21 bits per heavy atom. The number of nitrogens with zero attached hydrogens (tertiary/aromatic N) is 3. The molecular formula is C19H19N3O2. The maximum Gasteiger partial charge on any atom is 0.151 e. The van der Waals surface area contributed by atoms with Crippen molar-refractivity contribution >= 4 is 0 Å². The van der Waals surface area contributed by atoms with Crippen molar-refractivity contribution in [1.29, 1.82) is 0 Å². The molecule has 3 aromatic rings. The second-order valence-electron chi connectivity index (χ2n) is 5.97. The smallest absolute Gasteiger partial charge is 0.151 e. The normalized spacial score (nSPS) is 17.5. The monoisotopic (exact) mass is 321 g/mol. The highest BCUT2D eigenvalue weighted by molar-refractivity contribution is 5.57. The number of pyridine rings is 1. The van der Waals surface area contributed by atoms with Crippen LogP contribution in [0.4, 0.5) is 0 Å². The minimum atomic E-state index is 0.409. The fourth-order valence-corrected chi connectivity index (χ4v) is 3.09. The van der Waals surface area contributed by atoms with Crippen LogP contribution in [-0.4, -0.2) is 28.7 Å². The molecule has 1 saturated heterocycles. The number of benzene rings is 1. The summed E-state index contributed by atoms with van der Waals surface area (Å²) in [6, 6.07) is 14.6. The molecule has 4 rings (SSSR count). The van der Waals surface area contributed by atoms with Crippen LogP contribution in [0.5, 0.6) is 5.75 Å². The number of methoxy groups -OCH3 is 1. The summed E-state index contributed by atoms with van der Waals surface area (Å²) >= 11 is 0. The largest absolute Gasteiger partial charge is 0.497 e. The first-order chi connectivity index (χ1) is 11.8. The number of hydrogen-bond donors (Lipinski definition) is 0. The highest BCUT2D eigenvalue weighted by Crippen LogP contribution is 2.36. The van der Waals surface area contributed by atoms with Gasteiger partial charge in [0.2, 0.25) is 0 Å². The molecule has 0 radical (unpaired) electrons. The van der Waals surface area contributed by atoms with E-state index in [0.29, 0.717) is 6.04 Å². The molecule has 0 amide bonds.